The third-order valence-electron chi connectivity index (χ3n) is 3.79. The van der Waals surface area contributed by atoms with Crippen LogP contribution in [0.2, 0.25) is 0 Å². The number of aromatic nitrogens is 1. The van der Waals surface area contributed by atoms with E-state index in [0.29, 0.717) is 5.39 Å². The highest BCUT2D eigenvalue weighted by atomic mass is 79.9. The van der Waals surface area contributed by atoms with Gasteiger partial charge < -0.3 is 34.9 Å². The number of carboxylic acids is 1. The fourth-order valence-electron chi connectivity index (χ4n) is 2.44. The molecular weight excluding hydrogens is 410 g/mol. The monoisotopic (exact) mass is 421 g/mol. The molecule has 0 bridgehead atoms. The standard InChI is InChI=1S/C14H13BrClNO7/c15-13(12(20)21)14(16,22)10(19)9(18)11(24-13)23-8-5-17-7-4-2-1-3-6(7)8/h1-5,9-11,17-19,22H,(H,20,21)/t9-,10-,11-,13?,14?/m1/s1. The van der Waals surface area contributed by atoms with E-state index in [9.17, 15) is 25.2 Å². The van der Waals surface area contributed by atoms with Crippen LogP contribution in [0.1, 0.15) is 0 Å². The molecule has 1 aliphatic heterocycles. The smallest absolute Gasteiger partial charge is 0.352 e. The lowest BCUT2D eigenvalue weighted by Crippen LogP contribution is -2.71. The summed E-state index contributed by atoms with van der Waals surface area (Å²) >= 11 is 8.37. The first-order valence-corrected chi connectivity index (χ1v) is 7.96. The number of H-pyrrole nitrogens is 1. The minimum absolute atomic E-state index is 0.266. The Balaban J connectivity index is 1.95. The predicted molar refractivity (Wildman–Crippen MR) is 85.9 cm³/mol. The summed E-state index contributed by atoms with van der Waals surface area (Å²) < 4.78 is 8.06. The number of aliphatic hydroxyl groups is 3. The van der Waals surface area contributed by atoms with Gasteiger partial charge in [0.2, 0.25) is 11.4 Å². The van der Waals surface area contributed by atoms with Crippen LogP contribution in [0.3, 0.4) is 0 Å². The van der Waals surface area contributed by atoms with Gasteiger partial charge in [-0.15, -0.1) is 0 Å². The lowest BCUT2D eigenvalue weighted by molar-refractivity contribution is -0.291. The zero-order valence-corrected chi connectivity index (χ0v) is 14.2. The van der Waals surface area contributed by atoms with Crippen LogP contribution in [0, 0.1) is 0 Å². The molecule has 3 rings (SSSR count). The van der Waals surface area contributed by atoms with Crippen molar-refractivity contribution in [1.29, 1.82) is 0 Å². The summed E-state index contributed by atoms with van der Waals surface area (Å²) in [7, 11) is 0. The molecule has 0 saturated carbocycles. The maximum atomic E-state index is 11.4. The van der Waals surface area contributed by atoms with Gasteiger partial charge in [-0.2, -0.15) is 0 Å². The van der Waals surface area contributed by atoms with Crippen molar-refractivity contribution in [3.05, 3.63) is 30.5 Å². The lowest BCUT2D eigenvalue weighted by atomic mass is 9.98. The number of carboxylic acid groups (broad SMARTS) is 1. The number of rotatable bonds is 3. The highest BCUT2D eigenvalue weighted by molar-refractivity contribution is 9.10. The number of ether oxygens (including phenoxy) is 2. The molecule has 1 aromatic carbocycles. The molecule has 0 radical (unpaired) electrons. The van der Waals surface area contributed by atoms with Crippen molar-refractivity contribution in [3.63, 3.8) is 0 Å². The van der Waals surface area contributed by atoms with Gasteiger partial charge in [0, 0.05) is 17.1 Å². The molecule has 1 aliphatic rings. The van der Waals surface area contributed by atoms with Crippen molar-refractivity contribution in [2.24, 2.45) is 0 Å². The molecule has 1 saturated heterocycles. The lowest BCUT2D eigenvalue weighted by Gasteiger charge is -2.47. The fourth-order valence-corrected chi connectivity index (χ4v) is 3.11. The number of halogens is 2. The number of carbonyl (C=O) groups is 1. The number of aliphatic hydroxyl groups excluding tert-OH is 2. The Hall–Kier alpha value is -1.36. The molecule has 5 N–H and O–H groups in total. The molecule has 2 aromatic rings. The van der Waals surface area contributed by atoms with E-state index in [1.54, 1.807) is 24.3 Å². The van der Waals surface area contributed by atoms with E-state index in [1.165, 1.54) is 6.20 Å². The average molecular weight is 423 g/mol. The number of para-hydroxylation sites is 1. The third-order valence-corrected chi connectivity index (χ3v) is 5.64. The van der Waals surface area contributed by atoms with E-state index in [2.05, 4.69) is 20.9 Å². The van der Waals surface area contributed by atoms with Gasteiger partial charge in [-0.25, -0.2) is 4.79 Å². The SMILES string of the molecule is O=C(O)C1(Br)O[C@@H](Oc2c[nH]c3ccccc23)[C@H](O)[C@@H](O)C1(O)Cl. The fraction of sp³-hybridized carbons (Fsp3) is 0.357. The van der Waals surface area contributed by atoms with E-state index in [4.69, 9.17) is 21.1 Å². The van der Waals surface area contributed by atoms with Crippen LogP contribution in [0.25, 0.3) is 10.9 Å². The van der Waals surface area contributed by atoms with Crippen LogP contribution >= 0.6 is 27.5 Å². The van der Waals surface area contributed by atoms with Crippen LogP contribution in [-0.4, -0.2) is 59.4 Å². The number of benzene rings is 1. The van der Waals surface area contributed by atoms with Gasteiger partial charge in [0.15, 0.2) is 0 Å². The molecule has 0 amide bonds. The number of alkyl halides is 2. The molecule has 1 fully saturated rings. The van der Waals surface area contributed by atoms with Crippen LogP contribution in [0.15, 0.2) is 30.5 Å². The number of fused-ring (bicyclic) bond motifs is 1. The van der Waals surface area contributed by atoms with Crippen LogP contribution < -0.4 is 4.74 Å². The zero-order chi connectivity index (χ0) is 17.7. The van der Waals surface area contributed by atoms with Crippen LogP contribution in [0.5, 0.6) is 5.75 Å². The van der Waals surface area contributed by atoms with Crippen molar-refractivity contribution in [2.45, 2.75) is 28.1 Å². The molecular formula is C14H13BrClNO7. The van der Waals surface area contributed by atoms with Crippen molar-refractivity contribution in [3.8, 4) is 5.75 Å². The Labute approximate surface area is 148 Å². The minimum Gasteiger partial charge on any atom is -0.478 e. The number of aliphatic carboxylic acids is 1. The minimum atomic E-state index is -2.82. The molecule has 0 aliphatic carbocycles. The second kappa shape index (κ2) is 5.87. The Morgan fingerprint density at radius 2 is 2.04 bits per heavy atom. The summed E-state index contributed by atoms with van der Waals surface area (Å²) in [5, 5.41) is 37.3. The molecule has 24 heavy (non-hydrogen) atoms. The summed E-state index contributed by atoms with van der Waals surface area (Å²) in [6.07, 6.45) is -3.97. The van der Waals surface area contributed by atoms with E-state index in [-0.39, 0.29) is 5.75 Å². The Morgan fingerprint density at radius 3 is 2.71 bits per heavy atom. The number of nitrogens with one attached hydrogen (secondary N) is 1. The van der Waals surface area contributed by atoms with E-state index in [1.807, 2.05) is 0 Å². The van der Waals surface area contributed by atoms with Gasteiger partial charge in [0.1, 0.15) is 18.0 Å². The first kappa shape index (κ1) is 17.5. The first-order chi connectivity index (χ1) is 11.2. The maximum Gasteiger partial charge on any atom is 0.352 e. The van der Waals surface area contributed by atoms with Crippen LogP contribution in [-0.2, 0) is 9.53 Å². The second-order valence-corrected chi connectivity index (χ2v) is 7.00. The van der Waals surface area contributed by atoms with Gasteiger partial charge >= 0.3 is 5.97 Å². The van der Waals surface area contributed by atoms with Gasteiger partial charge in [-0.1, -0.05) is 23.7 Å². The summed E-state index contributed by atoms with van der Waals surface area (Å²) in [6.45, 7) is 0. The summed E-state index contributed by atoms with van der Waals surface area (Å²) in [5.74, 6) is -1.43. The summed E-state index contributed by atoms with van der Waals surface area (Å²) in [5.41, 5.74) is 0.746. The second-order valence-electron chi connectivity index (χ2n) is 5.31. The molecule has 2 unspecified atom stereocenters. The molecule has 0 spiro atoms. The Morgan fingerprint density at radius 1 is 1.38 bits per heavy atom. The van der Waals surface area contributed by atoms with Crippen molar-refractivity contribution >= 4 is 44.4 Å². The molecule has 1 aromatic heterocycles. The highest BCUT2D eigenvalue weighted by Gasteiger charge is 2.67. The van der Waals surface area contributed by atoms with E-state index < -0.39 is 34.0 Å². The predicted octanol–water partition coefficient (Wildman–Crippen LogP) is 0.728. The molecule has 130 valence electrons. The van der Waals surface area contributed by atoms with Crippen LogP contribution in [0.4, 0.5) is 0 Å². The Kier molecular flexibility index (Phi) is 4.27. The normalized spacial score (nSPS) is 36.6. The van der Waals surface area contributed by atoms with Gasteiger partial charge in [0.05, 0.1) is 0 Å². The van der Waals surface area contributed by atoms with Crippen molar-refractivity contribution in [1.82, 2.24) is 4.98 Å². The molecule has 8 nitrogen and oxygen atoms in total. The van der Waals surface area contributed by atoms with Gasteiger partial charge in [0.25, 0.3) is 4.51 Å². The molecule has 2 heterocycles. The highest BCUT2D eigenvalue weighted by Crippen LogP contribution is 2.46. The first-order valence-electron chi connectivity index (χ1n) is 6.79. The number of hydrogen-bond donors (Lipinski definition) is 5. The summed E-state index contributed by atoms with van der Waals surface area (Å²) in [6, 6.07) is 7.10. The molecule has 10 heteroatoms. The van der Waals surface area contributed by atoms with Crippen molar-refractivity contribution < 1.29 is 34.7 Å². The zero-order valence-electron chi connectivity index (χ0n) is 11.9. The average Bonchev–Trinajstić information content (AvgIpc) is 2.94. The van der Waals surface area contributed by atoms with Crippen molar-refractivity contribution in [2.75, 3.05) is 0 Å². The van der Waals surface area contributed by atoms with E-state index in [0.717, 1.165) is 5.52 Å². The quantitative estimate of drug-likeness (QED) is 0.461. The van der Waals surface area contributed by atoms with E-state index >= 15 is 0 Å². The van der Waals surface area contributed by atoms with Gasteiger partial charge in [-0.05, 0) is 28.1 Å². The summed E-state index contributed by atoms with van der Waals surface area (Å²) in [4.78, 5) is 14.4. The number of aromatic amines is 1. The number of hydrogen-bond acceptors (Lipinski definition) is 6. The maximum absolute atomic E-state index is 11.4. The Bertz CT molecular complexity index is 781. The third kappa shape index (κ3) is 2.48. The molecule has 5 atom stereocenters. The van der Waals surface area contributed by atoms with Gasteiger partial charge in [-0.3, -0.25) is 0 Å². The topological polar surface area (TPSA) is 132 Å². The largest absolute Gasteiger partial charge is 0.478 e.